The molecule has 0 saturated carbocycles. The van der Waals surface area contributed by atoms with E-state index in [-0.39, 0.29) is 29.0 Å². The van der Waals surface area contributed by atoms with Gasteiger partial charge in [0, 0.05) is 18.1 Å². The van der Waals surface area contributed by atoms with Gasteiger partial charge in [-0.15, -0.1) is 0 Å². The molecule has 0 bridgehead atoms. The van der Waals surface area contributed by atoms with Crippen LogP contribution in [0.2, 0.25) is 0 Å². The van der Waals surface area contributed by atoms with E-state index in [0.29, 0.717) is 10.6 Å². The van der Waals surface area contributed by atoms with Gasteiger partial charge in [0.05, 0.1) is 5.69 Å². The first kappa shape index (κ1) is 22.7. The largest absolute Gasteiger partial charge is 0.420 e. The number of pyridine rings is 1. The van der Waals surface area contributed by atoms with Crippen molar-refractivity contribution >= 4 is 28.1 Å². The van der Waals surface area contributed by atoms with Gasteiger partial charge in [-0.1, -0.05) is 48.6 Å². The number of nitrogens with zero attached hydrogens (tertiary/aromatic N) is 2. The van der Waals surface area contributed by atoms with Gasteiger partial charge in [-0.05, 0) is 17.7 Å². The van der Waals surface area contributed by atoms with E-state index in [1.54, 1.807) is 12.1 Å². The number of carbonyl (C=O) groups excluding carboxylic acids is 1. The Labute approximate surface area is 179 Å². The van der Waals surface area contributed by atoms with Crippen molar-refractivity contribution in [3.63, 3.8) is 0 Å². The quantitative estimate of drug-likeness (QED) is 0.433. The number of hydrogen-bond acceptors (Lipinski definition) is 7. The van der Waals surface area contributed by atoms with Gasteiger partial charge >= 0.3 is 6.18 Å². The van der Waals surface area contributed by atoms with Crippen LogP contribution < -0.4 is 11.1 Å². The van der Waals surface area contributed by atoms with Crippen LogP contribution in [0.5, 0.6) is 0 Å². The number of nitrogens with two attached hydrogens (primary N) is 1. The summed E-state index contributed by atoms with van der Waals surface area (Å²) in [4.78, 5) is 19.9. The Balaban J connectivity index is 1.91. The summed E-state index contributed by atoms with van der Waals surface area (Å²) in [5.41, 5.74) is 6.36. The highest BCUT2D eigenvalue weighted by Crippen LogP contribution is 2.35. The van der Waals surface area contributed by atoms with E-state index in [1.807, 2.05) is 19.1 Å². The summed E-state index contributed by atoms with van der Waals surface area (Å²) in [6, 6.07) is 11.0. The van der Waals surface area contributed by atoms with Crippen LogP contribution in [0.3, 0.4) is 0 Å². The summed E-state index contributed by atoms with van der Waals surface area (Å²) >= 11 is 1.08. The molecule has 3 aromatic rings. The second kappa shape index (κ2) is 9.00. The van der Waals surface area contributed by atoms with Crippen LogP contribution in [0.4, 0.5) is 24.0 Å². The van der Waals surface area contributed by atoms with Gasteiger partial charge in [0.25, 0.3) is 5.91 Å². The third-order valence-electron chi connectivity index (χ3n) is 4.46. The number of hydrogen-bond donors (Lipinski definition) is 4. The van der Waals surface area contributed by atoms with E-state index in [1.165, 1.54) is 12.1 Å². The first-order valence-corrected chi connectivity index (χ1v) is 9.92. The third kappa shape index (κ3) is 5.19. The lowest BCUT2D eigenvalue weighted by Crippen LogP contribution is -2.21. The number of nitrogens with one attached hydrogen (secondary N) is 1. The Morgan fingerprint density at radius 1 is 1.19 bits per heavy atom. The van der Waals surface area contributed by atoms with E-state index in [0.717, 1.165) is 23.0 Å². The highest BCUT2D eigenvalue weighted by Gasteiger charge is 2.40. The van der Waals surface area contributed by atoms with Crippen LogP contribution in [0.15, 0.2) is 42.5 Å². The molecular weight excluding hydrogens is 433 g/mol. The maximum atomic E-state index is 12.8. The van der Waals surface area contributed by atoms with Gasteiger partial charge in [0.1, 0.15) is 15.8 Å². The number of amides is 1. The van der Waals surface area contributed by atoms with Crippen molar-refractivity contribution in [3.05, 3.63) is 59.4 Å². The van der Waals surface area contributed by atoms with Gasteiger partial charge in [0.15, 0.2) is 11.8 Å². The Hall–Kier alpha value is -3.02. The number of rotatable bonds is 7. The minimum Gasteiger partial charge on any atom is -0.396 e. The molecule has 0 aliphatic rings. The van der Waals surface area contributed by atoms with Crippen LogP contribution in [-0.4, -0.2) is 38.9 Å². The smallest absolute Gasteiger partial charge is 0.396 e. The zero-order valence-electron chi connectivity index (χ0n) is 16.2. The topological polar surface area (TPSA) is 121 Å². The number of carbonyl (C=O) groups is 1. The molecule has 164 valence electrons. The minimum atomic E-state index is -4.86. The maximum Gasteiger partial charge on any atom is 0.420 e. The zero-order chi connectivity index (χ0) is 22.8. The van der Waals surface area contributed by atoms with Crippen LogP contribution in [-0.2, 0) is 0 Å². The van der Waals surface area contributed by atoms with Gasteiger partial charge in [-0.2, -0.15) is 13.2 Å². The van der Waals surface area contributed by atoms with Crippen LogP contribution >= 0.6 is 11.3 Å². The number of primary amides is 1. The molecular formula is C20H19F3N4O3S. The van der Waals surface area contributed by atoms with Gasteiger partial charge in [-0.3, -0.25) is 4.79 Å². The summed E-state index contributed by atoms with van der Waals surface area (Å²) < 4.78 is 38.3. The monoisotopic (exact) mass is 452 g/mol. The number of aliphatic hydroxyl groups is 2. The summed E-state index contributed by atoms with van der Waals surface area (Å²) in [5, 5.41) is 22.1. The molecule has 2 aromatic heterocycles. The van der Waals surface area contributed by atoms with Crippen LogP contribution in [0.1, 0.15) is 40.7 Å². The molecule has 3 rings (SSSR count). The molecule has 31 heavy (non-hydrogen) atoms. The summed E-state index contributed by atoms with van der Waals surface area (Å²) in [6.45, 7) is 1.88. The lowest BCUT2D eigenvalue weighted by Gasteiger charge is -2.14. The lowest BCUT2D eigenvalue weighted by molar-refractivity contribution is -0.207. The molecule has 0 fully saturated rings. The van der Waals surface area contributed by atoms with Crippen molar-refractivity contribution in [2.24, 2.45) is 5.73 Å². The predicted molar refractivity (Wildman–Crippen MR) is 110 cm³/mol. The second-order valence-corrected chi connectivity index (χ2v) is 7.78. The van der Waals surface area contributed by atoms with Gasteiger partial charge in [0.2, 0.25) is 0 Å². The Morgan fingerprint density at radius 2 is 1.87 bits per heavy atom. The number of alkyl halides is 3. The van der Waals surface area contributed by atoms with E-state index >= 15 is 0 Å². The molecule has 2 unspecified atom stereocenters. The average molecular weight is 452 g/mol. The van der Waals surface area contributed by atoms with E-state index < -0.39 is 23.9 Å². The fourth-order valence-electron chi connectivity index (χ4n) is 2.71. The standard InChI is InChI=1S/C20H19F3N4O3S/c1-10(9-28)11-5-7-12(8-6-11)18-27-15(17(24)30)19(31-18)26-14-4-2-3-13(25-14)16(29)20(21,22)23/h2-8,10,16,28-29H,9H2,1H3,(H2,24,30)(H,25,26). The SMILES string of the molecule is CC(CO)c1ccc(-c2nc(C(N)=O)c(Nc3cccc(C(O)C(F)(F)F)n3)s2)cc1. The molecule has 0 saturated heterocycles. The first-order valence-electron chi connectivity index (χ1n) is 9.10. The van der Waals surface area contributed by atoms with E-state index in [2.05, 4.69) is 15.3 Å². The van der Waals surface area contributed by atoms with E-state index in [9.17, 15) is 28.2 Å². The molecule has 11 heteroatoms. The molecule has 2 heterocycles. The van der Waals surface area contributed by atoms with Crippen molar-refractivity contribution in [2.45, 2.75) is 25.1 Å². The molecule has 5 N–H and O–H groups in total. The van der Waals surface area contributed by atoms with Crippen molar-refractivity contribution in [3.8, 4) is 10.6 Å². The zero-order valence-corrected chi connectivity index (χ0v) is 17.0. The molecule has 0 aliphatic carbocycles. The lowest BCUT2D eigenvalue weighted by atomic mass is 10.0. The first-order chi connectivity index (χ1) is 14.6. The molecule has 0 radical (unpaired) electrons. The fourth-order valence-corrected chi connectivity index (χ4v) is 3.70. The number of benzene rings is 1. The molecule has 7 nitrogen and oxygen atoms in total. The molecule has 2 atom stereocenters. The number of thiazole rings is 1. The number of anilines is 2. The van der Waals surface area contributed by atoms with Crippen molar-refractivity contribution in [2.75, 3.05) is 11.9 Å². The Bertz CT molecular complexity index is 1070. The molecule has 1 amide bonds. The maximum absolute atomic E-state index is 12.8. The number of aromatic nitrogens is 2. The van der Waals surface area contributed by atoms with Gasteiger partial charge in [-0.25, -0.2) is 9.97 Å². The normalized spacial score (nSPS) is 13.6. The van der Waals surface area contributed by atoms with Crippen molar-refractivity contribution < 1.29 is 28.2 Å². The second-order valence-electron chi connectivity index (χ2n) is 6.78. The summed E-state index contributed by atoms with van der Waals surface area (Å²) in [7, 11) is 0. The van der Waals surface area contributed by atoms with E-state index in [4.69, 9.17) is 5.73 Å². The Kier molecular flexibility index (Phi) is 6.58. The Morgan fingerprint density at radius 3 is 2.45 bits per heavy atom. The number of aliphatic hydroxyl groups excluding tert-OH is 2. The highest BCUT2D eigenvalue weighted by atomic mass is 32.1. The van der Waals surface area contributed by atoms with Gasteiger partial charge < -0.3 is 21.3 Å². The number of halogens is 3. The third-order valence-corrected chi connectivity index (χ3v) is 5.48. The van der Waals surface area contributed by atoms with Crippen molar-refractivity contribution in [1.82, 2.24) is 9.97 Å². The molecule has 0 spiro atoms. The predicted octanol–water partition coefficient (Wildman–Crippen LogP) is 3.74. The molecule has 0 aliphatic heterocycles. The average Bonchev–Trinajstić information content (AvgIpc) is 3.16. The molecule has 1 aromatic carbocycles. The van der Waals surface area contributed by atoms with Crippen molar-refractivity contribution in [1.29, 1.82) is 0 Å². The summed E-state index contributed by atoms with van der Waals surface area (Å²) in [5.74, 6) is -0.859. The fraction of sp³-hybridized carbons (Fsp3) is 0.250. The minimum absolute atomic E-state index is 0.00555. The highest BCUT2D eigenvalue weighted by molar-refractivity contribution is 7.19. The van der Waals surface area contributed by atoms with Crippen LogP contribution in [0, 0.1) is 0 Å². The summed E-state index contributed by atoms with van der Waals surface area (Å²) in [6.07, 6.45) is -7.59. The van der Waals surface area contributed by atoms with Crippen LogP contribution in [0.25, 0.3) is 10.6 Å².